The Labute approximate surface area is 149 Å². The molecule has 146 valence electrons. The molecule has 0 saturated heterocycles. The summed E-state index contributed by atoms with van der Waals surface area (Å²) in [6, 6.07) is 0.533. The van der Waals surface area contributed by atoms with E-state index in [0.29, 0.717) is 6.07 Å². The highest BCUT2D eigenvalue weighted by molar-refractivity contribution is 5.76. The first-order chi connectivity index (χ1) is 13.1. The van der Waals surface area contributed by atoms with E-state index in [1.165, 1.54) is 0 Å². The summed E-state index contributed by atoms with van der Waals surface area (Å²) in [6.45, 7) is 0. The van der Waals surface area contributed by atoms with Crippen LogP contribution in [0.15, 0.2) is 17.7 Å². The zero-order chi connectivity index (χ0) is 20.7. The molecule has 2 aromatic rings. The molecule has 0 spiro atoms. The van der Waals surface area contributed by atoms with Crippen LogP contribution in [-0.4, -0.2) is 0 Å². The molecular formula is C18H4F10. The number of rotatable bonds is 1. The number of hydrogen-bond donors (Lipinski definition) is 0. The first kappa shape index (κ1) is 18.6. The van der Waals surface area contributed by atoms with Crippen LogP contribution in [0.4, 0.5) is 43.9 Å². The van der Waals surface area contributed by atoms with Crippen LogP contribution in [0.3, 0.4) is 0 Å². The first-order valence-corrected chi connectivity index (χ1v) is 7.54. The van der Waals surface area contributed by atoms with Crippen molar-refractivity contribution in [2.45, 2.75) is 12.3 Å². The van der Waals surface area contributed by atoms with Crippen LogP contribution >= 0.6 is 0 Å². The molecule has 0 amide bonds. The SMILES string of the molecule is FC1=C(F)c2c(cc(C3C(F)=C(F)c4c(F)c(F)c(F)c(F)c43)c(F)c2F)C1. The maximum Gasteiger partial charge on any atom is 0.198 e. The number of allylic oxidation sites excluding steroid dienone is 2. The highest BCUT2D eigenvalue weighted by Crippen LogP contribution is 2.51. The summed E-state index contributed by atoms with van der Waals surface area (Å²) >= 11 is 0. The molecule has 10 heteroatoms. The van der Waals surface area contributed by atoms with Crippen LogP contribution in [0.1, 0.15) is 33.7 Å². The first-order valence-electron chi connectivity index (χ1n) is 7.54. The molecule has 0 saturated carbocycles. The predicted octanol–water partition coefficient (Wildman–Crippen LogP) is 6.44. The minimum atomic E-state index is -2.52. The fraction of sp³-hybridized carbons (Fsp3) is 0.111. The lowest BCUT2D eigenvalue weighted by molar-refractivity contribution is 0.400. The largest absolute Gasteiger partial charge is 0.208 e. The monoisotopic (exact) mass is 410 g/mol. The Morgan fingerprint density at radius 3 is 1.82 bits per heavy atom. The lowest BCUT2D eigenvalue weighted by atomic mass is 9.88. The third-order valence-electron chi connectivity index (χ3n) is 4.71. The summed E-state index contributed by atoms with van der Waals surface area (Å²) < 4.78 is 139. The topological polar surface area (TPSA) is 0 Å². The van der Waals surface area contributed by atoms with Crippen molar-refractivity contribution in [2.75, 3.05) is 0 Å². The Bertz CT molecular complexity index is 1140. The van der Waals surface area contributed by atoms with Gasteiger partial charge in [0, 0.05) is 17.5 Å². The minimum absolute atomic E-state index is 0.506. The molecule has 0 N–H and O–H groups in total. The van der Waals surface area contributed by atoms with Gasteiger partial charge < -0.3 is 0 Å². The smallest absolute Gasteiger partial charge is 0.198 e. The highest BCUT2D eigenvalue weighted by atomic mass is 19.2. The van der Waals surface area contributed by atoms with Crippen molar-refractivity contribution in [3.05, 3.63) is 80.4 Å². The molecule has 0 heterocycles. The van der Waals surface area contributed by atoms with E-state index in [9.17, 15) is 43.9 Å². The number of halogens is 10. The van der Waals surface area contributed by atoms with Gasteiger partial charge in [-0.1, -0.05) is 6.07 Å². The molecule has 0 fully saturated rings. The molecule has 2 aliphatic rings. The van der Waals surface area contributed by atoms with Crippen LogP contribution in [0, 0.1) is 34.9 Å². The van der Waals surface area contributed by atoms with Crippen LogP contribution in [0.25, 0.3) is 11.7 Å². The van der Waals surface area contributed by atoms with Crippen LogP contribution in [0.5, 0.6) is 0 Å². The van der Waals surface area contributed by atoms with Gasteiger partial charge >= 0.3 is 0 Å². The average Bonchev–Trinajstić information content (AvgIpc) is 3.08. The minimum Gasteiger partial charge on any atom is -0.208 e. The second-order valence-corrected chi connectivity index (χ2v) is 6.16. The van der Waals surface area contributed by atoms with Crippen molar-refractivity contribution in [1.29, 1.82) is 0 Å². The van der Waals surface area contributed by atoms with Gasteiger partial charge in [-0.3, -0.25) is 0 Å². The van der Waals surface area contributed by atoms with Crippen molar-refractivity contribution < 1.29 is 43.9 Å². The van der Waals surface area contributed by atoms with Gasteiger partial charge in [-0.15, -0.1) is 0 Å². The summed E-state index contributed by atoms with van der Waals surface area (Å²) in [5.41, 5.74) is -5.80. The van der Waals surface area contributed by atoms with E-state index < -0.39 is 98.4 Å². The molecule has 4 rings (SSSR count). The van der Waals surface area contributed by atoms with E-state index in [4.69, 9.17) is 0 Å². The number of benzene rings is 2. The summed E-state index contributed by atoms with van der Waals surface area (Å²) in [5.74, 6) is -23.1. The molecule has 0 aliphatic heterocycles. The van der Waals surface area contributed by atoms with Gasteiger partial charge in [-0.25, -0.2) is 43.9 Å². The van der Waals surface area contributed by atoms with Crippen molar-refractivity contribution >= 4 is 11.7 Å². The lowest BCUT2D eigenvalue weighted by Crippen LogP contribution is -2.11. The maximum absolute atomic E-state index is 14.4. The molecule has 28 heavy (non-hydrogen) atoms. The van der Waals surface area contributed by atoms with E-state index >= 15 is 0 Å². The van der Waals surface area contributed by atoms with E-state index in [2.05, 4.69) is 0 Å². The zero-order valence-electron chi connectivity index (χ0n) is 13.1. The Morgan fingerprint density at radius 2 is 1.18 bits per heavy atom. The van der Waals surface area contributed by atoms with E-state index in [0.717, 1.165) is 0 Å². The Kier molecular flexibility index (Phi) is 3.89. The molecular weight excluding hydrogens is 406 g/mol. The van der Waals surface area contributed by atoms with Crippen LogP contribution in [0.2, 0.25) is 0 Å². The zero-order valence-corrected chi connectivity index (χ0v) is 13.1. The standard InChI is InChI=1S/C18H4F10/c19-5-2-3-1-4(10(20)12(22)6(3)11(5)21)7-8-9(15(25)13(7)23)16(26)18(28)17(27)14(8)24/h1,7H,2H2. The number of hydrogen-bond acceptors (Lipinski definition) is 0. The number of fused-ring (bicyclic) bond motifs is 2. The summed E-state index contributed by atoms with van der Waals surface area (Å²) in [4.78, 5) is 0. The third-order valence-corrected chi connectivity index (χ3v) is 4.71. The molecule has 0 bridgehead atoms. The summed E-state index contributed by atoms with van der Waals surface area (Å²) in [7, 11) is 0. The molecule has 0 nitrogen and oxygen atoms in total. The predicted molar refractivity (Wildman–Crippen MR) is 76.5 cm³/mol. The Balaban J connectivity index is 2.03. The summed E-state index contributed by atoms with van der Waals surface area (Å²) in [5, 5.41) is 0. The normalized spacial score (nSPS) is 18.3. The van der Waals surface area contributed by atoms with Crippen LogP contribution < -0.4 is 0 Å². The molecule has 1 atom stereocenters. The third kappa shape index (κ3) is 2.14. The maximum atomic E-state index is 14.4. The van der Waals surface area contributed by atoms with Gasteiger partial charge in [0.1, 0.15) is 11.7 Å². The molecule has 0 aromatic heterocycles. The molecule has 2 aliphatic carbocycles. The molecule has 1 unspecified atom stereocenters. The van der Waals surface area contributed by atoms with E-state index in [1.807, 2.05) is 0 Å². The van der Waals surface area contributed by atoms with E-state index in [1.54, 1.807) is 0 Å². The lowest BCUT2D eigenvalue weighted by Gasteiger charge is -2.17. The molecule has 2 aromatic carbocycles. The van der Waals surface area contributed by atoms with Crippen LogP contribution in [-0.2, 0) is 6.42 Å². The quantitative estimate of drug-likeness (QED) is 0.289. The van der Waals surface area contributed by atoms with Gasteiger partial charge in [0.05, 0.1) is 17.0 Å². The van der Waals surface area contributed by atoms with Gasteiger partial charge in [0.15, 0.2) is 46.6 Å². The van der Waals surface area contributed by atoms with Gasteiger partial charge in [0.25, 0.3) is 0 Å². The fourth-order valence-corrected chi connectivity index (χ4v) is 3.47. The van der Waals surface area contributed by atoms with Gasteiger partial charge in [-0.05, 0) is 5.56 Å². The highest BCUT2D eigenvalue weighted by Gasteiger charge is 2.44. The van der Waals surface area contributed by atoms with Crippen molar-refractivity contribution in [3.63, 3.8) is 0 Å². The second kappa shape index (κ2) is 5.86. The molecule has 0 radical (unpaired) electrons. The Morgan fingerprint density at radius 1 is 0.607 bits per heavy atom. The van der Waals surface area contributed by atoms with Crippen molar-refractivity contribution in [1.82, 2.24) is 0 Å². The van der Waals surface area contributed by atoms with E-state index in [-0.39, 0.29) is 0 Å². The fourth-order valence-electron chi connectivity index (χ4n) is 3.47. The van der Waals surface area contributed by atoms with Gasteiger partial charge in [0.2, 0.25) is 0 Å². The Hall–Kier alpha value is -2.78. The van der Waals surface area contributed by atoms with Crippen molar-refractivity contribution in [2.24, 2.45) is 0 Å². The summed E-state index contributed by atoms with van der Waals surface area (Å²) in [6.07, 6.45) is -0.854. The average molecular weight is 410 g/mol. The second-order valence-electron chi connectivity index (χ2n) is 6.16. The van der Waals surface area contributed by atoms with Crippen molar-refractivity contribution in [3.8, 4) is 0 Å². The van der Waals surface area contributed by atoms with Gasteiger partial charge in [-0.2, -0.15) is 0 Å².